The molecule has 2 aromatic heterocycles. The molecule has 1 fully saturated rings. The first-order valence-electron chi connectivity index (χ1n) is 9.13. The summed E-state index contributed by atoms with van der Waals surface area (Å²) < 4.78 is 1.66. The fraction of sp³-hybridized carbons (Fsp3) is 0.316. The van der Waals surface area contributed by atoms with Crippen LogP contribution in [0.1, 0.15) is 5.56 Å². The van der Waals surface area contributed by atoms with Gasteiger partial charge in [-0.2, -0.15) is 4.68 Å². The number of rotatable bonds is 5. The predicted octanol–water partition coefficient (Wildman–Crippen LogP) is 1.81. The molecular weight excluding hydrogens is 374 g/mol. The first kappa shape index (κ1) is 18.4. The number of benzene rings is 1. The zero-order chi connectivity index (χ0) is 19.3. The Morgan fingerprint density at radius 3 is 2.57 bits per heavy atom. The van der Waals surface area contributed by atoms with E-state index in [4.69, 9.17) is 0 Å². The molecule has 1 aliphatic rings. The number of thioether (sulfide) groups is 1. The molecule has 0 unspecified atom stereocenters. The molecular formula is C19H21N7OS. The topological polar surface area (TPSA) is 80.0 Å². The van der Waals surface area contributed by atoms with Crippen molar-refractivity contribution in [2.75, 3.05) is 36.8 Å². The molecule has 3 aromatic rings. The van der Waals surface area contributed by atoms with Gasteiger partial charge in [-0.05, 0) is 41.6 Å². The maximum atomic E-state index is 12.6. The fourth-order valence-corrected chi connectivity index (χ4v) is 3.85. The number of aryl methyl sites for hydroxylation is 1. The van der Waals surface area contributed by atoms with Gasteiger partial charge in [-0.3, -0.25) is 4.79 Å². The van der Waals surface area contributed by atoms with Crippen LogP contribution in [0.25, 0.3) is 5.69 Å². The quantitative estimate of drug-likeness (QED) is 0.610. The van der Waals surface area contributed by atoms with E-state index in [9.17, 15) is 4.79 Å². The summed E-state index contributed by atoms with van der Waals surface area (Å²) in [6, 6.07) is 13.8. The molecule has 0 saturated carbocycles. The normalized spacial score (nSPS) is 14.3. The van der Waals surface area contributed by atoms with Gasteiger partial charge in [0.2, 0.25) is 11.1 Å². The number of aromatic nitrogens is 5. The molecule has 1 aromatic carbocycles. The van der Waals surface area contributed by atoms with Gasteiger partial charge in [0, 0.05) is 32.4 Å². The molecule has 1 aliphatic heterocycles. The summed E-state index contributed by atoms with van der Waals surface area (Å²) in [5.74, 6) is 1.38. The Balaban J connectivity index is 1.32. The number of pyridine rings is 1. The minimum atomic E-state index is 0.101. The van der Waals surface area contributed by atoms with Gasteiger partial charge in [0.25, 0.3) is 0 Å². The lowest BCUT2D eigenvalue weighted by Gasteiger charge is -2.35. The summed E-state index contributed by atoms with van der Waals surface area (Å²) in [6.45, 7) is 4.99. The third-order valence-electron chi connectivity index (χ3n) is 4.65. The summed E-state index contributed by atoms with van der Waals surface area (Å²) >= 11 is 1.36. The summed E-state index contributed by atoms with van der Waals surface area (Å²) in [5.41, 5.74) is 2.06. The lowest BCUT2D eigenvalue weighted by Crippen LogP contribution is -2.49. The Bertz CT molecular complexity index is 921. The SMILES string of the molecule is Cc1ccc(-n2nnnc2SCC(=O)N2CCN(c3ccccn3)CC2)cc1. The van der Waals surface area contributed by atoms with Crippen LogP contribution in [0.5, 0.6) is 0 Å². The highest BCUT2D eigenvalue weighted by atomic mass is 32.2. The van der Waals surface area contributed by atoms with Crippen molar-refractivity contribution in [3.8, 4) is 5.69 Å². The van der Waals surface area contributed by atoms with Crippen LogP contribution in [-0.2, 0) is 4.79 Å². The molecule has 0 spiro atoms. The van der Waals surface area contributed by atoms with E-state index in [1.165, 1.54) is 17.3 Å². The van der Waals surface area contributed by atoms with E-state index in [-0.39, 0.29) is 5.91 Å². The van der Waals surface area contributed by atoms with Gasteiger partial charge in [-0.15, -0.1) is 5.10 Å². The van der Waals surface area contributed by atoms with Gasteiger partial charge in [-0.1, -0.05) is 35.5 Å². The summed E-state index contributed by atoms with van der Waals surface area (Å²) in [4.78, 5) is 21.1. The average Bonchev–Trinajstić information content (AvgIpc) is 3.22. The number of anilines is 1. The number of hydrogen-bond acceptors (Lipinski definition) is 7. The Morgan fingerprint density at radius 1 is 1.07 bits per heavy atom. The second-order valence-electron chi connectivity index (χ2n) is 6.55. The van der Waals surface area contributed by atoms with Crippen LogP contribution in [0, 0.1) is 6.92 Å². The zero-order valence-corrected chi connectivity index (χ0v) is 16.4. The van der Waals surface area contributed by atoms with Crippen molar-refractivity contribution in [1.82, 2.24) is 30.1 Å². The minimum Gasteiger partial charge on any atom is -0.353 e. The van der Waals surface area contributed by atoms with E-state index >= 15 is 0 Å². The fourth-order valence-electron chi connectivity index (χ4n) is 3.06. The largest absolute Gasteiger partial charge is 0.353 e. The van der Waals surface area contributed by atoms with Crippen LogP contribution in [0.15, 0.2) is 53.8 Å². The number of nitrogens with zero attached hydrogens (tertiary/aromatic N) is 7. The van der Waals surface area contributed by atoms with Gasteiger partial charge in [0.1, 0.15) is 5.82 Å². The highest BCUT2D eigenvalue weighted by Crippen LogP contribution is 2.20. The van der Waals surface area contributed by atoms with Crippen molar-refractivity contribution in [3.05, 3.63) is 54.2 Å². The number of piperazine rings is 1. The van der Waals surface area contributed by atoms with Crippen LogP contribution in [0.3, 0.4) is 0 Å². The van der Waals surface area contributed by atoms with Crippen LogP contribution < -0.4 is 4.90 Å². The second-order valence-corrected chi connectivity index (χ2v) is 7.50. The molecule has 8 nitrogen and oxygen atoms in total. The second kappa shape index (κ2) is 8.39. The molecule has 4 rings (SSSR count). The van der Waals surface area contributed by atoms with Crippen molar-refractivity contribution >= 4 is 23.5 Å². The Kier molecular flexibility index (Phi) is 5.52. The lowest BCUT2D eigenvalue weighted by atomic mass is 10.2. The lowest BCUT2D eigenvalue weighted by molar-refractivity contribution is -0.128. The predicted molar refractivity (Wildman–Crippen MR) is 108 cm³/mol. The van der Waals surface area contributed by atoms with Crippen molar-refractivity contribution in [2.45, 2.75) is 12.1 Å². The van der Waals surface area contributed by atoms with Crippen LogP contribution >= 0.6 is 11.8 Å². The molecule has 3 heterocycles. The molecule has 0 bridgehead atoms. The molecule has 9 heteroatoms. The van der Waals surface area contributed by atoms with Gasteiger partial charge < -0.3 is 9.80 Å². The standard InChI is InChI=1S/C19H21N7OS/c1-15-5-7-16(8-6-15)26-19(21-22-23-26)28-14-18(27)25-12-10-24(11-13-25)17-4-2-3-9-20-17/h2-9H,10-14H2,1H3. The van der Waals surface area contributed by atoms with Gasteiger partial charge in [0.05, 0.1) is 11.4 Å². The summed E-state index contributed by atoms with van der Waals surface area (Å²) in [7, 11) is 0. The molecule has 0 atom stereocenters. The van der Waals surface area contributed by atoms with Crippen molar-refractivity contribution in [3.63, 3.8) is 0 Å². The van der Waals surface area contributed by atoms with E-state index in [0.717, 1.165) is 24.6 Å². The number of hydrogen-bond donors (Lipinski definition) is 0. The zero-order valence-electron chi connectivity index (χ0n) is 15.6. The highest BCUT2D eigenvalue weighted by molar-refractivity contribution is 7.99. The first-order valence-corrected chi connectivity index (χ1v) is 10.1. The number of tetrazole rings is 1. The van der Waals surface area contributed by atoms with E-state index < -0.39 is 0 Å². The van der Waals surface area contributed by atoms with E-state index in [1.54, 1.807) is 10.9 Å². The molecule has 28 heavy (non-hydrogen) atoms. The maximum Gasteiger partial charge on any atom is 0.233 e. The van der Waals surface area contributed by atoms with E-state index in [0.29, 0.717) is 24.0 Å². The van der Waals surface area contributed by atoms with Crippen LogP contribution in [0.4, 0.5) is 5.82 Å². The Morgan fingerprint density at radius 2 is 1.86 bits per heavy atom. The molecule has 0 aliphatic carbocycles. The molecule has 0 N–H and O–H groups in total. The van der Waals surface area contributed by atoms with Gasteiger partial charge in [0.15, 0.2) is 0 Å². The van der Waals surface area contributed by atoms with E-state index in [2.05, 4.69) is 25.4 Å². The first-order chi connectivity index (χ1) is 13.7. The van der Waals surface area contributed by atoms with Gasteiger partial charge in [-0.25, -0.2) is 4.98 Å². The molecule has 0 radical (unpaired) electrons. The monoisotopic (exact) mass is 395 g/mol. The van der Waals surface area contributed by atoms with Crippen LogP contribution in [-0.4, -0.2) is 67.9 Å². The third kappa shape index (κ3) is 4.14. The summed E-state index contributed by atoms with van der Waals surface area (Å²) in [5, 5.41) is 12.5. The molecule has 1 saturated heterocycles. The highest BCUT2D eigenvalue weighted by Gasteiger charge is 2.22. The number of amides is 1. The van der Waals surface area contributed by atoms with Crippen LogP contribution in [0.2, 0.25) is 0 Å². The minimum absolute atomic E-state index is 0.101. The van der Waals surface area contributed by atoms with Crippen molar-refractivity contribution in [2.24, 2.45) is 0 Å². The summed E-state index contributed by atoms with van der Waals surface area (Å²) in [6.07, 6.45) is 1.79. The Hall–Kier alpha value is -2.94. The van der Waals surface area contributed by atoms with Crippen molar-refractivity contribution < 1.29 is 4.79 Å². The van der Waals surface area contributed by atoms with Crippen molar-refractivity contribution in [1.29, 1.82) is 0 Å². The average molecular weight is 395 g/mol. The van der Waals surface area contributed by atoms with Gasteiger partial charge >= 0.3 is 0 Å². The maximum absolute atomic E-state index is 12.6. The number of carbonyl (C=O) groups is 1. The Labute approximate surface area is 167 Å². The number of carbonyl (C=O) groups excluding carboxylic acids is 1. The van der Waals surface area contributed by atoms with E-state index in [1.807, 2.05) is 54.3 Å². The molecule has 144 valence electrons. The smallest absolute Gasteiger partial charge is 0.233 e. The molecule has 1 amide bonds. The third-order valence-corrected chi connectivity index (χ3v) is 5.55.